The molecule has 4 rings (SSSR count). The Morgan fingerprint density at radius 3 is 2.00 bits per heavy atom. The number of hydrogen-bond acceptors (Lipinski definition) is 2. The Bertz CT molecular complexity index is 1250. The molecule has 0 amide bonds. The second kappa shape index (κ2) is 9.65. The first-order valence-electron chi connectivity index (χ1n) is 10.5. The predicted molar refractivity (Wildman–Crippen MR) is 122 cm³/mol. The van der Waals surface area contributed by atoms with Crippen molar-refractivity contribution in [3.05, 3.63) is 119 Å². The van der Waals surface area contributed by atoms with Gasteiger partial charge in [0.05, 0.1) is 5.69 Å². The first-order valence-corrected chi connectivity index (χ1v) is 10.5. The summed E-state index contributed by atoms with van der Waals surface area (Å²) < 4.78 is 27.6. The van der Waals surface area contributed by atoms with Crippen molar-refractivity contribution in [1.29, 1.82) is 0 Å². The van der Waals surface area contributed by atoms with Gasteiger partial charge < -0.3 is 4.98 Å². The summed E-state index contributed by atoms with van der Waals surface area (Å²) >= 11 is 0. The molecule has 0 aliphatic rings. The zero-order chi connectivity index (χ0) is 22.9. The van der Waals surface area contributed by atoms with Crippen LogP contribution in [0.2, 0.25) is 0 Å². The molecule has 2 nitrogen and oxygen atoms in total. The third-order valence-electron chi connectivity index (χ3n) is 5.92. The Morgan fingerprint density at radius 1 is 0.727 bits per heavy atom. The average molecular weight is 622 g/mol. The van der Waals surface area contributed by atoms with Crippen LogP contribution < -0.4 is 0 Å². The van der Waals surface area contributed by atoms with Crippen molar-refractivity contribution < 1.29 is 29.8 Å². The van der Waals surface area contributed by atoms with E-state index in [2.05, 4.69) is 32.0 Å². The van der Waals surface area contributed by atoms with Gasteiger partial charge in [0.25, 0.3) is 0 Å². The number of aromatic nitrogens is 2. The van der Waals surface area contributed by atoms with Crippen molar-refractivity contribution in [3.8, 4) is 11.3 Å². The van der Waals surface area contributed by atoms with E-state index in [4.69, 9.17) is 9.97 Å². The van der Waals surface area contributed by atoms with E-state index >= 15 is 0 Å². The second-order valence-corrected chi connectivity index (χ2v) is 8.88. The summed E-state index contributed by atoms with van der Waals surface area (Å²) in [6.45, 7) is 8.34. The van der Waals surface area contributed by atoms with Crippen LogP contribution in [0.4, 0.5) is 8.78 Å². The zero-order valence-electron chi connectivity index (χ0n) is 18.9. The minimum absolute atomic E-state index is 0. The largest absolute Gasteiger partial charge is 2.00 e. The van der Waals surface area contributed by atoms with Crippen LogP contribution in [0.25, 0.3) is 11.3 Å². The molecule has 2 aromatic carbocycles. The van der Waals surface area contributed by atoms with E-state index in [0.717, 1.165) is 34.8 Å². The average Bonchev–Trinajstić information content (AvgIpc) is 2.80. The van der Waals surface area contributed by atoms with Crippen molar-refractivity contribution in [2.45, 2.75) is 38.5 Å². The van der Waals surface area contributed by atoms with Crippen LogP contribution in [0.3, 0.4) is 0 Å². The van der Waals surface area contributed by atoms with E-state index < -0.39 is 17.0 Å². The molecule has 0 saturated heterocycles. The van der Waals surface area contributed by atoms with E-state index in [0.29, 0.717) is 5.69 Å². The van der Waals surface area contributed by atoms with Crippen molar-refractivity contribution in [2.75, 3.05) is 0 Å². The summed E-state index contributed by atoms with van der Waals surface area (Å²) in [5.74, 6) is -1.35. The third kappa shape index (κ3) is 4.96. The number of nitrogens with zero attached hydrogens (tertiary/aromatic N) is 2. The minimum atomic E-state index is -0.687. The quantitative estimate of drug-likeness (QED) is 0.233. The molecule has 0 radical (unpaired) electrons. The molecule has 0 unspecified atom stereocenters. The van der Waals surface area contributed by atoms with Crippen LogP contribution in [0, 0.1) is 23.8 Å². The predicted octanol–water partition coefficient (Wildman–Crippen LogP) is 6.67. The fraction of sp³-hybridized carbons (Fsp3) is 0.214. The van der Waals surface area contributed by atoms with E-state index in [1.54, 1.807) is 6.07 Å². The van der Waals surface area contributed by atoms with Crippen LogP contribution in [-0.2, 0) is 31.9 Å². The van der Waals surface area contributed by atoms with E-state index in [1.807, 2.05) is 62.4 Å². The van der Waals surface area contributed by atoms with Gasteiger partial charge in [0.1, 0.15) is 0 Å². The van der Waals surface area contributed by atoms with E-state index in [1.165, 1.54) is 0 Å². The van der Waals surface area contributed by atoms with Crippen molar-refractivity contribution in [2.24, 2.45) is 0 Å². The molecule has 33 heavy (non-hydrogen) atoms. The Hall–Kier alpha value is -2.71. The van der Waals surface area contributed by atoms with Gasteiger partial charge in [-0.3, -0.25) is 13.8 Å². The number of rotatable bonds is 5. The Morgan fingerprint density at radius 2 is 1.36 bits per heavy atom. The van der Waals surface area contributed by atoms with Crippen molar-refractivity contribution in [3.63, 3.8) is 0 Å². The molecule has 0 aliphatic heterocycles. The first-order chi connectivity index (χ1) is 15.2. The summed E-state index contributed by atoms with van der Waals surface area (Å²) in [6, 6.07) is 27.3. The molecule has 0 spiro atoms. The van der Waals surface area contributed by atoms with Gasteiger partial charge in [-0.15, -0.1) is 12.1 Å². The molecule has 0 atom stereocenters. The van der Waals surface area contributed by atoms with Crippen LogP contribution in [0.1, 0.15) is 50.3 Å². The van der Waals surface area contributed by atoms with E-state index in [9.17, 15) is 8.78 Å². The molecule has 0 N–H and O–H groups in total. The maximum absolute atomic E-state index is 14.3. The molecule has 170 valence electrons. The van der Waals surface area contributed by atoms with Gasteiger partial charge in [-0.25, -0.2) is 0 Å². The summed E-state index contributed by atoms with van der Waals surface area (Å²) in [5, 5.41) is 0. The third-order valence-corrected chi connectivity index (χ3v) is 5.92. The number of halogens is 2. The van der Waals surface area contributed by atoms with Gasteiger partial charge in [0, 0.05) is 33.9 Å². The molecule has 0 saturated carbocycles. The molecule has 0 bridgehead atoms. The number of pyridine rings is 2. The van der Waals surface area contributed by atoms with Crippen molar-refractivity contribution >= 4 is 0 Å². The van der Waals surface area contributed by atoms with Gasteiger partial charge in [-0.2, -0.15) is 35.9 Å². The SMILES string of the molecule is CC(C)(c1[c-]cccc1)c1cccc(C(C)(C)c2cccc(-c3[c-]cc(F)cc3F)n2)n1.[Pt+2]. The fourth-order valence-electron chi connectivity index (χ4n) is 3.75. The Kier molecular flexibility index (Phi) is 7.29. The Labute approximate surface area is 208 Å². The zero-order valence-corrected chi connectivity index (χ0v) is 21.2. The number of benzene rings is 2. The fourth-order valence-corrected chi connectivity index (χ4v) is 3.75. The molecule has 5 heteroatoms. The molecular weight excluding hydrogens is 597 g/mol. The van der Waals surface area contributed by atoms with Crippen LogP contribution >= 0.6 is 0 Å². The van der Waals surface area contributed by atoms with Crippen LogP contribution in [-0.4, -0.2) is 9.97 Å². The summed E-state index contributed by atoms with van der Waals surface area (Å²) in [4.78, 5) is 9.70. The number of hydrogen-bond donors (Lipinski definition) is 0. The maximum atomic E-state index is 14.3. The van der Waals surface area contributed by atoms with Gasteiger partial charge in [0.15, 0.2) is 0 Å². The second-order valence-electron chi connectivity index (χ2n) is 8.88. The summed E-state index contributed by atoms with van der Waals surface area (Å²) in [6.07, 6.45) is 0. The van der Waals surface area contributed by atoms with Crippen molar-refractivity contribution in [1.82, 2.24) is 9.97 Å². The summed E-state index contributed by atoms with van der Waals surface area (Å²) in [5.41, 5.74) is 3.26. The Balaban J connectivity index is 0.00000306. The van der Waals surface area contributed by atoms with Gasteiger partial charge in [-0.05, 0) is 37.7 Å². The topological polar surface area (TPSA) is 25.8 Å². The van der Waals surface area contributed by atoms with Crippen LogP contribution in [0.5, 0.6) is 0 Å². The van der Waals surface area contributed by atoms with Crippen LogP contribution in [0.15, 0.2) is 72.8 Å². The smallest absolute Gasteiger partial charge is 0.300 e. The molecular formula is C28H24F2N2Pt. The molecule has 2 heterocycles. The monoisotopic (exact) mass is 621 g/mol. The minimum Gasteiger partial charge on any atom is -0.300 e. The molecule has 4 aromatic rings. The normalized spacial score (nSPS) is 11.7. The van der Waals surface area contributed by atoms with Gasteiger partial charge in [-0.1, -0.05) is 43.7 Å². The van der Waals surface area contributed by atoms with Gasteiger partial charge in [0.2, 0.25) is 0 Å². The standard InChI is InChI=1S/C28H24F2N2.Pt/c1-27(2,19-10-6-5-7-11-19)24-14-9-15-26(32-24)28(3,4)25-13-8-12-23(31-25)21-17-16-20(29)18-22(21)30;/h5-10,12-16,18H,1-4H3;/q-2;+2. The molecule has 2 aromatic heterocycles. The van der Waals surface area contributed by atoms with E-state index in [-0.39, 0.29) is 32.0 Å². The summed E-state index contributed by atoms with van der Waals surface area (Å²) in [7, 11) is 0. The molecule has 0 fully saturated rings. The maximum Gasteiger partial charge on any atom is 2.00 e. The van der Waals surface area contributed by atoms with Gasteiger partial charge >= 0.3 is 21.1 Å². The molecule has 0 aliphatic carbocycles. The first kappa shape index (κ1) is 24.9.